The SMILES string of the molecule is COC(=O)C(N=C(N)C1=CCCC=C1)C1C=CC=CC1. The number of hydrogen-bond donors (Lipinski definition) is 1. The molecule has 0 aromatic heterocycles. The van der Waals surface area contributed by atoms with E-state index < -0.39 is 6.04 Å². The molecule has 0 saturated carbocycles. The van der Waals surface area contributed by atoms with Crippen molar-refractivity contribution in [2.75, 3.05) is 7.11 Å². The van der Waals surface area contributed by atoms with Crippen LogP contribution in [-0.4, -0.2) is 25.0 Å². The molecule has 0 amide bonds. The lowest BCUT2D eigenvalue weighted by molar-refractivity contribution is -0.142. The predicted molar refractivity (Wildman–Crippen MR) is 80.3 cm³/mol. The van der Waals surface area contributed by atoms with Crippen molar-refractivity contribution in [2.45, 2.75) is 25.3 Å². The molecule has 0 aromatic carbocycles. The first-order valence-electron chi connectivity index (χ1n) is 6.84. The highest BCUT2D eigenvalue weighted by molar-refractivity contribution is 6.00. The van der Waals surface area contributed by atoms with E-state index in [4.69, 9.17) is 10.5 Å². The van der Waals surface area contributed by atoms with E-state index in [1.165, 1.54) is 7.11 Å². The van der Waals surface area contributed by atoms with E-state index in [2.05, 4.69) is 11.1 Å². The second-order valence-corrected chi connectivity index (χ2v) is 4.83. The van der Waals surface area contributed by atoms with Crippen molar-refractivity contribution in [1.29, 1.82) is 0 Å². The van der Waals surface area contributed by atoms with Crippen molar-refractivity contribution < 1.29 is 9.53 Å². The van der Waals surface area contributed by atoms with Crippen molar-refractivity contribution in [3.8, 4) is 0 Å². The minimum Gasteiger partial charge on any atom is -0.467 e. The van der Waals surface area contributed by atoms with Gasteiger partial charge in [-0.3, -0.25) is 4.99 Å². The Hall–Kier alpha value is -2.10. The van der Waals surface area contributed by atoms with Crippen molar-refractivity contribution in [3.63, 3.8) is 0 Å². The Bertz CT molecular complexity index is 513. The molecular formula is C16H20N2O2. The first-order valence-corrected chi connectivity index (χ1v) is 6.84. The Kier molecular flexibility index (Phi) is 4.93. The second-order valence-electron chi connectivity index (χ2n) is 4.83. The monoisotopic (exact) mass is 272 g/mol. The van der Waals surface area contributed by atoms with Crippen LogP contribution in [0.25, 0.3) is 0 Å². The largest absolute Gasteiger partial charge is 0.467 e. The van der Waals surface area contributed by atoms with Gasteiger partial charge in [-0.15, -0.1) is 0 Å². The normalized spacial score (nSPS) is 23.4. The van der Waals surface area contributed by atoms with Gasteiger partial charge in [0.05, 0.1) is 7.11 Å². The summed E-state index contributed by atoms with van der Waals surface area (Å²) in [4.78, 5) is 16.4. The molecule has 2 rings (SSSR count). The van der Waals surface area contributed by atoms with Crippen LogP contribution in [0.2, 0.25) is 0 Å². The molecule has 0 heterocycles. The number of nitrogens with two attached hydrogens (primary N) is 1. The summed E-state index contributed by atoms with van der Waals surface area (Å²) in [6, 6.07) is -0.586. The van der Waals surface area contributed by atoms with E-state index in [1.54, 1.807) is 0 Å². The number of aliphatic imine (C=N–C) groups is 1. The number of ether oxygens (including phenoxy) is 1. The number of esters is 1. The van der Waals surface area contributed by atoms with Crippen LogP contribution in [0.15, 0.2) is 53.1 Å². The van der Waals surface area contributed by atoms with E-state index in [0.29, 0.717) is 5.84 Å². The van der Waals surface area contributed by atoms with Gasteiger partial charge in [-0.05, 0) is 19.3 Å². The fraction of sp³-hybridized carbons (Fsp3) is 0.375. The Morgan fingerprint density at radius 1 is 1.40 bits per heavy atom. The van der Waals surface area contributed by atoms with E-state index in [0.717, 1.165) is 24.8 Å². The first kappa shape index (κ1) is 14.3. The van der Waals surface area contributed by atoms with Crippen molar-refractivity contribution in [1.82, 2.24) is 0 Å². The maximum Gasteiger partial charge on any atom is 0.331 e. The number of amidine groups is 1. The molecule has 0 radical (unpaired) electrons. The summed E-state index contributed by atoms with van der Waals surface area (Å²) < 4.78 is 4.86. The number of methoxy groups -OCH3 is 1. The Morgan fingerprint density at radius 3 is 2.85 bits per heavy atom. The smallest absolute Gasteiger partial charge is 0.331 e. The van der Waals surface area contributed by atoms with E-state index in [9.17, 15) is 4.79 Å². The highest BCUT2D eigenvalue weighted by atomic mass is 16.5. The zero-order valence-corrected chi connectivity index (χ0v) is 11.7. The van der Waals surface area contributed by atoms with E-state index >= 15 is 0 Å². The summed E-state index contributed by atoms with van der Waals surface area (Å²) in [6.07, 6.45) is 16.7. The predicted octanol–water partition coefficient (Wildman–Crippen LogP) is 2.29. The fourth-order valence-corrected chi connectivity index (χ4v) is 2.31. The Labute approximate surface area is 119 Å². The minimum absolute atomic E-state index is 0.000768. The summed E-state index contributed by atoms with van der Waals surface area (Å²) in [6.45, 7) is 0. The molecule has 4 heteroatoms. The molecule has 106 valence electrons. The third-order valence-electron chi connectivity index (χ3n) is 3.43. The van der Waals surface area contributed by atoms with Gasteiger partial charge < -0.3 is 10.5 Å². The molecule has 2 N–H and O–H groups in total. The standard InChI is InChI=1S/C16H20N2O2/c1-20-16(19)14(12-8-4-2-5-9-12)18-15(17)13-10-6-3-7-11-13/h2,4-6,8,10-12,14H,3,7,9H2,1H3,(H2,17,18). The lowest BCUT2D eigenvalue weighted by Crippen LogP contribution is -2.31. The Morgan fingerprint density at radius 2 is 2.25 bits per heavy atom. The number of nitrogens with zero attached hydrogens (tertiary/aromatic N) is 1. The number of allylic oxidation sites excluding steroid dienone is 5. The topological polar surface area (TPSA) is 64.7 Å². The third kappa shape index (κ3) is 3.47. The average Bonchev–Trinajstić information content (AvgIpc) is 2.53. The molecule has 0 bridgehead atoms. The van der Waals surface area contributed by atoms with Gasteiger partial charge in [-0.1, -0.05) is 42.5 Å². The van der Waals surface area contributed by atoms with Gasteiger partial charge in [0, 0.05) is 11.5 Å². The highest BCUT2D eigenvalue weighted by Gasteiger charge is 2.27. The van der Waals surface area contributed by atoms with Crippen LogP contribution in [0, 0.1) is 5.92 Å². The zero-order chi connectivity index (χ0) is 14.4. The molecule has 0 aliphatic heterocycles. The molecule has 2 aliphatic carbocycles. The van der Waals surface area contributed by atoms with Gasteiger partial charge in [-0.2, -0.15) is 0 Å². The number of hydrogen-bond acceptors (Lipinski definition) is 3. The van der Waals surface area contributed by atoms with Gasteiger partial charge in [0.25, 0.3) is 0 Å². The summed E-state index contributed by atoms with van der Waals surface area (Å²) >= 11 is 0. The summed E-state index contributed by atoms with van der Waals surface area (Å²) in [5.74, 6) is 0.0526. The molecule has 0 spiro atoms. The maximum absolute atomic E-state index is 11.9. The van der Waals surface area contributed by atoms with Crippen molar-refractivity contribution >= 4 is 11.8 Å². The van der Waals surface area contributed by atoms with Crippen LogP contribution in [0.4, 0.5) is 0 Å². The Balaban J connectivity index is 2.20. The highest BCUT2D eigenvalue weighted by Crippen LogP contribution is 2.21. The molecule has 4 nitrogen and oxygen atoms in total. The lowest BCUT2D eigenvalue weighted by Gasteiger charge is -2.20. The molecule has 0 fully saturated rings. The van der Waals surface area contributed by atoms with Gasteiger partial charge >= 0.3 is 5.97 Å². The van der Waals surface area contributed by atoms with E-state index in [-0.39, 0.29) is 11.9 Å². The lowest BCUT2D eigenvalue weighted by atomic mass is 9.93. The molecule has 2 aliphatic rings. The molecular weight excluding hydrogens is 252 g/mol. The maximum atomic E-state index is 11.9. The molecule has 20 heavy (non-hydrogen) atoms. The van der Waals surface area contributed by atoms with Crippen LogP contribution in [0.5, 0.6) is 0 Å². The van der Waals surface area contributed by atoms with E-state index in [1.807, 2.05) is 36.5 Å². The van der Waals surface area contributed by atoms with Gasteiger partial charge in [0.1, 0.15) is 5.84 Å². The molecule has 0 aromatic rings. The zero-order valence-electron chi connectivity index (χ0n) is 11.7. The van der Waals surface area contributed by atoms with Gasteiger partial charge in [-0.25, -0.2) is 4.79 Å². The summed E-state index contributed by atoms with van der Waals surface area (Å²) in [5, 5.41) is 0. The van der Waals surface area contributed by atoms with Gasteiger partial charge in [0.15, 0.2) is 6.04 Å². The summed E-state index contributed by atoms with van der Waals surface area (Å²) in [7, 11) is 1.38. The molecule has 2 atom stereocenters. The minimum atomic E-state index is -0.586. The van der Waals surface area contributed by atoms with Crippen LogP contribution in [0.1, 0.15) is 19.3 Å². The summed E-state index contributed by atoms with van der Waals surface area (Å²) in [5.41, 5.74) is 6.92. The van der Waals surface area contributed by atoms with Crippen LogP contribution in [-0.2, 0) is 9.53 Å². The van der Waals surface area contributed by atoms with Crippen LogP contribution < -0.4 is 5.73 Å². The number of rotatable bonds is 4. The van der Waals surface area contributed by atoms with Crippen molar-refractivity contribution in [2.24, 2.45) is 16.6 Å². The quantitative estimate of drug-likeness (QED) is 0.485. The van der Waals surface area contributed by atoms with Crippen LogP contribution in [0.3, 0.4) is 0 Å². The second kappa shape index (κ2) is 6.89. The van der Waals surface area contributed by atoms with Gasteiger partial charge in [0.2, 0.25) is 0 Å². The van der Waals surface area contributed by atoms with Crippen LogP contribution >= 0.6 is 0 Å². The first-order chi connectivity index (χ1) is 9.72. The van der Waals surface area contributed by atoms with Crippen molar-refractivity contribution in [3.05, 3.63) is 48.1 Å². The number of carbonyl (C=O) groups is 1. The number of carbonyl (C=O) groups excluding carboxylic acids is 1. The third-order valence-corrected chi connectivity index (χ3v) is 3.43. The average molecular weight is 272 g/mol. The molecule has 2 unspecified atom stereocenters. The fourth-order valence-electron chi connectivity index (χ4n) is 2.31. The molecule has 0 saturated heterocycles.